The number of hydrogen-bond acceptors (Lipinski definition) is 26. The number of phenolic OH excluding ortho intramolecular Hbond substituents is 5. The van der Waals surface area contributed by atoms with Gasteiger partial charge in [-0.25, -0.2) is 4.42 Å². The lowest BCUT2D eigenvalue weighted by molar-refractivity contribution is -0.361. The van der Waals surface area contributed by atoms with Gasteiger partial charge in [-0.3, -0.25) is 0 Å². The minimum Gasteiger partial charge on any atom is -0.507 e. The highest BCUT2D eigenvalue weighted by atomic mass is 16.8. The lowest BCUT2D eigenvalue weighted by Gasteiger charge is -2.46. The third kappa shape index (κ3) is 13.2. The normalized spacial score (nSPS) is 28.6. The van der Waals surface area contributed by atoms with Gasteiger partial charge in [0.2, 0.25) is 29.8 Å². The summed E-state index contributed by atoms with van der Waals surface area (Å²) in [5.74, 6) is -2.54. The molecular weight excluding hydrogens is 1090 g/mol. The number of aromatic hydroxyl groups is 5. The number of benzene rings is 4. The number of aliphatic hydroxyl groups is 9. The fourth-order valence-corrected chi connectivity index (χ4v) is 9.22. The SMILES string of the molecule is COc1cc(C=CCOC[C@H]2O[C@@H](Oc3cc4c(O[C@@H]5O[C@H](CO)[C@@H](O)[C@H](O)[C@H]5O)cc(O)cc4[o+]c3-c3ccc(O)c(O)c3)[C@H](O[C@@H]3O[C@H](CO)[C@@H](O)[C@H](O)[C@H]3OCC=Cc3cc(OC)c(O)c(OC)c3)[C@@H](O)[C@@H]2O)cc(OC)c1O. The molecule has 15 atom stereocenters. The van der Waals surface area contributed by atoms with E-state index in [1.165, 1.54) is 58.8 Å². The molecule has 5 aromatic rings. The van der Waals surface area contributed by atoms with Gasteiger partial charge in [-0.2, -0.15) is 0 Å². The molecule has 0 bridgehead atoms. The van der Waals surface area contributed by atoms with Gasteiger partial charge >= 0.3 is 11.3 Å². The molecule has 1 aromatic heterocycles. The summed E-state index contributed by atoms with van der Waals surface area (Å²) in [5.41, 5.74) is 0.883. The second kappa shape index (κ2) is 26.9. The zero-order chi connectivity index (χ0) is 59.1. The number of fused-ring (bicyclic) bond motifs is 1. The average Bonchev–Trinajstić information content (AvgIpc) is 3.56. The first-order valence-electron chi connectivity index (χ1n) is 25.3. The van der Waals surface area contributed by atoms with Crippen molar-refractivity contribution in [3.63, 3.8) is 0 Å². The summed E-state index contributed by atoms with van der Waals surface area (Å²) in [6, 6.07) is 13.1. The van der Waals surface area contributed by atoms with E-state index in [4.69, 9.17) is 61.3 Å². The van der Waals surface area contributed by atoms with Gasteiger partial charge in [0, 0.05) is 18.2 Å². The Morgan fingerprint density at radius 1 is 0.500 bits per heavy atom. The standard InChI is InChI=1S/C55H64O27/c1-70-33-13-24(14-34(71-2)41(33)61)7-5-11-74-23-40-45(65)48(68)52(82-54-51(47(67)44(64)39(22-57)80-54)75-12-6-8-25-15-35(72-3)42(62)36(16-25)73-4)55(81-40)78-37-20-28-31(76-50(37)26-9-10-29(59)30(60)17-26)18-27(58)19-32(28)77-53-49(69)46(66)43(63)38(21-56)79-53/h5-10,13-20,38-40,43-49,51-57,63-69H,11-12,21-23H2,1-4H3,(H4-,58,59,60,61,62)/p+1/t38-,39-,40-,43-,44-,45-,46+,47+,48+,49-,51-,52-,53-,54+,55-/m1/s1. The summed E-state index contributed by atoms with van der Waals surface area (Å²) in [6.07, 6.45) is -20.1. The summed E-state index contributed by atoms with van der Waals surface area (Å²) in [5, 5.41) is 151. The molecule has 3 aliphatic rings. The maximum atomic E-state index is 12.1. The predicted molar refractivity (Wildman–Crippen MR) is 280 cm³/mol. The first kappa shape index (κ1) is 61.1. The van der Waals surface area contributed by atoms with E-state index >= 15 is 0 Å². The smallest absolute Gasteiger partial charge is 0.402 e. The third-order valence-electron chi connectivity index (χ3n) is 13.6. The monoisotopic (exact) mass is 1160 g/mol. The molecule has 0 saturated carbocycles. The fraction of sp³-hybridized carbons (Fsp3) is 0.436. The van der Waals surface area contributed by atoms with E-state index in [1.807, 2.05) is 0 Å². The second-order valence-electron chi connectivity index (χ2n) is 19.0. The summed E-state index contributed by atoms with van der Waals surface area (Å²) >= 11 is 0. The molecule has 446 valence electrons. The van der Waals surface area contributed by atoms with Crippen LogP contribution in [0.25, 0.3) is 34.4 Å². The summed E-state index contributed by atoms with van der Waals surface area (Å²) in [4.78, 5) is 0. The first-order valence-corrected chi connectivity index (χ1v) is 25.3. The van der Waals surface area contributed by atoms with Crippen molar-refractivity contribution in [1.29, 1.82) is 0 Å². The van der Waals surface area contributed by atoms with Crippen LogP contribution < -0.4 is 28.4 Å². The van der Waals surface area contributed by atoms with E-state index in [9.17, 15) is 71.5 Å². The van der Waals surface area contributed by atoms with Crippen molar-refractivity contribution >= 4 is 23.1 Å². The third-order valence-corrected chi connectivity index (χ3v) is 13.6. The van der Waals surface area contributed by atoms with E-state index in [2.05, 4.69) is 0 Å². The summed E-state index contributed by atoms with van der Waals surface area (Å²) in [6.45, 7) is -2.53. The van der Waals surface area contributed by atoms with Crippen molar-refractivity contribution in [2.45, 2.75) is 92.1 Å². The molecule has 27 nitrogen and oxygen atoms in total. The van der Waals surface area contributed by atoms with Crippen LogP contribution in [0.15, 0.2) is 77.2 Å². The van der Waals surface area contributed by atoms with Crippen LogP contribution in [0.4, 0.5) is 0 Å². The van der Waals surface area contributed by atoms with Crippen LogP contribution in [0.1, 0.15) is 11.1 Å². The van der Waals surface area contributed by atoms with Gasteiger partial charge in [-0.1, -0.05) is 24.3 Å². The van der Waals surface area contributed by atoms with E-state index in [0.29, 0.717) is 11.1 Å². The van der Waals surface area contributed by atoms with E-state index in [0.717, 1.165) is 24.3 Å². The van der Waals surface area contributed by atoms with Gasteiger partial charge in [-0.05, 0) is 47.5 Å². The zero-order valence-electron chi connectivity index (χ0n) is 44.3. The number of hydrogen-bond donors (Lipinski definition) is 14. The van der Waals surface area contributed by atoms with E-state index in [-0.39, 0.29) is 81.5 Å². The molecule has 0 radical (unpaired) electrons. The van der Waals surface area contributed by atoms with Crippen molar-refractivity contribution in [2.24, 2.45) is 0 Å². The molecule has 14 N–H and O–H groups in total. The minimum absolute atomic E-state index is 0.0144. The quantitative estimate of drug-likeness (QED) is 0.0256. The number of aliphatic hydroxyl groups excluding tert-OH is 9. The molecule has 4 heterocycles. The largest absolute Gasteiger partial charge is 0.507 e. The lowest BCUT2D eigenvalue weighted by Crippen LogP contribution is -2.65. The highest BCUT2D eigenvalue weighted by Gasteiger charge is 2.53. The zero-order valence-corrected chi connectivity index (χ0v) is 44.3. The van der Waals surface area contributed by atoms with Crippen molar-refractivity contribution in [3.05, 3.63) is 83.9 Å². The number of methoxy groups -OCH3 is 4. The van der Waals surface area contributed by atoms with E-state index < -0.39 is 129 Å². The molecule has 8 rings (SSSR count). The van der Waals surface area contributed by atoms with E-state index in [1.54, 1.807) is 30.4 Å². The van der Waals surface area contributed by atoms with Gasteiger partial charge in [-0.15, -0.1) is 0 Å². The Labute approximate surface area is 466 Å². The molecule has 0 spiro atoms. The second-order valence-corrected chi connectivity index (χ2v) is 19.0. The number of rotatable bonds is 22. The van der Waals surface area contributed by atoms with Crippen LogP contribution in [0.3, 0.4) is 0 Å². The van der Waals surface area contributed by atoms with Gasteiger partial charge in [0.25, 0.3) is 0 Å². The molecule has 3 aliphatic heterocycles. The Hall–Kier alpha value is -7.03. The molecule has 0 amide bonds. The highest BCUT2D eigenvalue weighted by molar-refractivity contribution is 5.89. The molecule has 3 fully saturated rings. The Balaban J connectivity index is 1.16. The van der Waals surface area contributed by atoms with Crippen LogP contribution in [-0.2, 0) is 28.4 Å². The maximum Gasteiger partial charge on any atom is 0.402 e. The molecule has 4 aromatic carbocycles. The van der Waals surface area contributed by atoms with Gasteiger partial charge < -0.3 is 128 Å². The van der Waals surface area contributed by atoms with Crippen LogP contribution in [-0.4, -0.2) is 225 Å². The topological polar surface area (TPSA) is 405 Å². The molecule has 0 aliphatic carbocycles. The maximum absolute atomic E-state index is 12.1. The Morgan fingerprint density at radius 3 is 1.60 bits per heavy atom. The predicted octanol–water partition coefficient (Wildman–Crippen LogP) is 0.600. The molecule has 82 heavy (non-hydrogen) atoms. The molecule has 3 saturated heterocycles. The Bertz CT molecular complexity index is 2970. The van der Waals surface area contributed by atoms with Gasteiger partial charge in [0.1, 0.15) is 84.0 Å². The average molecular weight is 1160 g/mol. The molecule has 27 heteroatoms. The van der Waals surface area contributed by atoms with Crippen molar-refractivity contribution in [1.82, 2.24) is 0 Å². The molecular formula is C55H65O27+. The lowest BCUT2D eigenvalue weighted by atomic mass is 9.97. The fourth-order valence-electron chi connectivity index (χ4n) is 9.22. The molecule has 0 unspecified atom stereocenters. The van der Waals surface area contributed by atoms with Crippen LogP contribution in [0.5, 0.6) is 63.2 Å². The Morgan fingerprint density at radius 2 is 1.02 bits per heavy atom. The summed E-state index contributed by atoms with van der Waals surface area (Å²) in [7, 11) is 5.43. The summed E-state index contributed by atoms with van der Waals surface area (Å²) < 4.78 is 76.0. The Kier molecular flexibility index (Phi) is 20.0. The van der Waals surface area contributed by atoms with Gasteiger partial charge in [0.15, 0.2) is 46.9 Å². The minimum atomic E-state index is -2.01. The number of phenols is 5. The van der Waals surface area contributed by atoms with Crippen molar-refractivity contribution in [3.8, 4) is 74.6 Å². The van der Waals surface area contributed by atoms with Crippen molar-refractivity contribution < 1.29 is 133 Å². The van der Waals surface area contributed by atoms with Crippen LogP contribution in [0, 0.1) is 0 Å². The first-order chi connectivity index (χ1) is 39.3. The van der Waals surface area contributed by atoms with Crippen molar-refractivity contribution in [2.75, 3.05) is 61.5 Å². The number of ether oxygens (including phenoxy) is 12. The van der Waals surface area contributed by atoms with Crippen LogP contribution >= 0.6 is 0 Å². The van der Waals surface area contributed by atoms with Gasteiger partial charge in [0.05, 0.1) is 73.1 Å². The highest BCUT2D eigenvalue weighted by Crippen LogP contribution is 2.45. The van der Waals surface area contributed by atoms with Crippen LogP contribution in [0.2, 0.25) is 0 Å².